The van der Waals surface area contributed by atoms with E-state index in [0.717, 1.165) is 44.9 Å². The molecule has 0 aliphatic heterocycles. The fourth-order valence-corrected chi connectivity index (χ4v) is 3.13. The van der Waals surface area contributed by atoms with Crippen LogP contribution in [0.3, 0.4) is 0 Å². The van der Waals surface area contributed by atoms with Crippen LogP contribution >= 0.6 is 0 Å². The zero-order valence-corrected chi connectivity index (χ0v) is 11.6. The quantitative estimate of drug-likeness (QED) is 0.731. The van der Waals surface area contributed by atoms with Gasteiger partial charge in [-0.15, -0.1) is 0 Å². The van der Waals surface area contributed by atoms with Crippen molar-refractivity contribution in [2.45, 2.75) is 69.9 Å². The van der Waals surface area contributed by atoms with Crippen molar-refractivity contribution in [1.29, 1.82) is 0 Å². The molecule has 0 saturated heterocycles. The van der Waals surface area contributed by atoms with E-state index in [1.807, 2.05) is 6.92 Å². The van der Waals surface area contributed by atoms with Crippen LogP contribution in [-0.4, -0.2) is 28.7 Å². The van der Waals surface area contributed by atoms with E-state index in [1.165, 1.54) is 6.42 Å². The molecule has 0 aromatic rings. The number of carbonyl (C=O) groups is 2. The molecule has 1 unspecified atom stereocenters. The summed E-state index contributed by atoms with van der Waals surface area (Å²) in [7, 11) is 0. The van der Waals surface area contributed by atoms with Gasteiger partial charge in [0.15, 0.2) is 0 Å². The summed E-state index contributed by atoms with van der Waals surface area (Å²) in [4.78, 5) is 23.3. The zero-order chi connectivity index (χ0) is 13.9. The third kappa shape index (κ3) is 3.61. The number of rotatable bonds is 4. The Morgan fingerprint density at radius 3 is 2.26 bits per heavy atom. The second-order valence-corrected chi connectivity index (χ2v) is 6.23. The van der Waals surface area contributed by atoms with Crippen molar-refractivity contribution in [2.75, 3.05) is 0 Å². The number of urea groups is 1. The average molecular weight is 268 g/mol. The molecule has 1 atom stereocenters. The molecule has 0 radical (unpaired) electrons. The summed E-state index contributed by atoms with van der Waals surface area (Å²) in [6.45, 7) is 2.01. The number of nitrogens with one attached hydrogen (secondary N) is 2. The summed E-state index contributed by atoms with van der Waals surface area (Å²) in [5, 5.41) is 14.9. The normalized spacial score (nSPS) is 24.1. The highest BCUT2D eigenvalue weighted by Gasteiger charge is 2.35. The Morgan fingerprint density at radius 2 is 1.79 bits per heavy atom. The first-order chi connectivity index (χ1) is 9.00. The van der Waals surface area contributed by atoms with Crippen LogP contribution in [0, 0.1) is 5.92 Å². The molecule has 5 nitrogen and oxygen atoms in total. The highest BCUT2D eigenvalue weighted by atomic mass is 16.4. The van der Waals surface area contributed by atoms with Crippen LogP contribution in [-0.2, 0) is 4.79 Å². The van der Waals surface area contributed by atoms with Gasteiger partial charge in [-0.05, 0) is 44.9 Å². The lowest BCUT2D eigenvalue weighted by Gasteiger charge is -2.39. The molecule has 0 bridgehead atoms. The fourth-order valence-electron chi connectivity index (χ4n) is 3.13. The molecule has 0 heterocycles. The largest absolute Gasteiger partial charge is 0.480 e. The topological polar surface area (TPSA) is 78.4 Å². The Morgan fingerprint density at radius 1 is 1.16 bits per heavy atom. The third-order valence-corrected chi connectivity index (χ3v) is 4.55. The minimum atomic E-state index is -0.916. The molecule has 2 aliphatic carbocycles. The van der Waals surface area contributed by atoms with Crippen LogP contribution < -0.4 is 10.6 Å². The first-order valence-electron chi connectivity index (χ1n) is 7.32. The predicted molar refractivity (Wildman–Crippen MR) is 71.9 cm³/mol. The third-order valence-electron chi connectivity index (χ3n) is 4.55. The van der Waals surface area contributed by atoms with Crippen molar-refractivity contribution in [3.8, 4) is 0 Å². The lowest BCUT2D eigenvalue weighted by atomic mass is 9.79. The van der Waals surface area contributed by atoms with Crippen LogP contribution in [0.1, 0.15) is 58.3 Å². The Labute approximate surface area is 114 Å². The summed E-state index contributed by atoms with van der Waals surface area (Å²) in [5.41, 5.74) is -0.139. The van der Waals surface area contributed by atoms with E-state index in [1.54, 1.807) is 0 Å². The van der Waals surface area contributed by atoms with Crippen LogP contribution in [0.2, 0.25) is 0 Å². The minimum Gasteiger partial charge on any atom is -0.480 e. The maximum Gasteiger partial charge on any atom is 0.326 e. The molecule has 108 valence electrons. The molecule has 2 aliphatic rings. The van der Waals surface area contributed by atoms with Gasteiger partial charge >= 0.3 is 12.0 Å². The van der Waals surface area contributed by atoms with Gasteiger partial charge in [-0.2, -0.15) is 0 Å². The van der Waals surface area contributed by atoms with E-state index >= 15 is 0 Å². The molecular weight excluding hydrogens is 244 g/mol. The Balaban J connectivity index is 1.88. The highest BCUT2D eigenvalue weighted by Crippen LogP contribution is 2.31. The monoisotopic (exact) mass is 268 g/mol. The number of carboxylic acids is 1. The van der Waals surface area contributed by atoms with Gasteiger partial charge in [0, 0.05) is 5.54 Å². The van der Waals surface area contributed by atoms with Crippen molar-refractivity contribution >= 4 is 12.0 Å². The Bertz CT molecular complexity index is 347. The zero-order valence-electron chi connectivity index (χ0n) is 11.6. The summed E-state index contributed by atoms with van der Waals surface area (Å²) >= 11 is 0. The van der Waals surface area contributed by atoms with E-state index in [0.29, 0.717) is 0 Å². The van der Waals surface area contributed by atoms with Crippen LogP contribution in [0.15, 0.2) is 0 Å². The van der Waals surface area contributed by atoms with E-state index in [-0.39, 0.29) is 17.5 Å². The van der Waals surface area contributed by atoms with E-state index in [4.69, 9.17) is 0 Å². The van der Waals surface area contributed by atoms with Crippen molar-refractivity contribution in [3.63, 3.8) is 0 Å². The molecule has 0 spiro atoms. The fraction of sp³-hybridized carbons (Fsp3) is 0.857. The van der Waals surface area contributed by atoms with Crippen LogP contribution in [0.4, 0.5) is 4.79 Å². The maximum absolute atomic E-state index is 11.9. The molecule has 0 aromatic heterocycles. The van der Waals surface area contributed by atoms with Crippen molar-refractivity contribution < 1.29 is 14.7 Å². The SMILES string of the molecule is CC1(NC(=O)NC(C(=O)O)C2CCCCC2)CCC1. The number of carboxylic acid groups (broad SMARTS) is 1. The van der Waals surface area contributed by atoms with Crippen molar-refractivity contribution in [1.82, 2.24) is 10.6 Å². The predicted octanol–water partition coefficient (Wildman–Crippen LogP) is 2.26. The lowest BCUT2D eigenvalue weighted by Crippen LogP contribution is -2.58. The van der Waals surface area contributed by atoms with E-state index < -0.39 is 12.0 Å². The van der Waals surface area contributed by atoms with Gasteiger partial charge in [-0.25, -0.2) is 9.59 Å². The molecule has 5 heteroatoms. The number of hydrogen-bond donors (Lipinski definition) is 3. The van der Waals surface area contributed by atoms with Gasteiger partial charge in [0.05, 0.1) is 0 Å². The average Bonchev–Trinajstić information content (AvgIpc) is 2.35. The molecule has 2 fully saturated rings. The summed E-state index contributed by atoms with van der Waals surface area (Å²) in [6.07, 6.45) is 8.17. The number of carbonyl (C=O) groups excluding carboxylic acids is 1. The maximum atomic E-state index is 11.9. The molecule has 3 N–H and O–H groups in total. The molecule has 2 amide bonds. The lowest BCUT2D eigenvalue weighted by molar-refractivity contribution is -0.141. The van der Waals surface area contributed by atoms with Gasteiger partial charge in [0.2, 0.25) is 0 Å². The van der Waals surface area contributed by atoms with Gasteiger partial charge in [-0.1, -0.05) is 19.3 Å². The molecule has 19 heavy (non-hydrogen) atoms. The van der Waals surface area contributed by atoms with Gasteiger partial charge in [0.1, 0.15) is 6.04 Å². The van der Waals surface area contributed by atoms with Crippen molar-refractivity contribution in [2.24, 2.45) is 5.92 Å². The highest BCUT2D eigenvalue weighted by molar-refractivity contribution is 5.83. The molecular formula is C14H24N2O3. The molecule has 2 rings (SSSR count). The number of hydrogen-bond acceptors (Lipinski definition) is 2. The molecule has 0 aromatic carbocycles. The van der Waals surface area contributed by atoms with Gasteiger partial charge < -0.3 is 15.7 Å². The van der Waals surface area contributed by atoms with Gasteiger partial charge in [-0.3, -0.25) is 0 Å². The Hall–Kier alpha value is -1.26. The second-order valence-electron chi connectivity index (χ2n) is 6.23. The second kappa shape index (κ2) is 5.80. The van der Waals surface area contributed by atoms with Crippen LogP contribution in [0.5, 0.6) is 0 Å². The summed E-state index contributed by atoms with van der Waals surface area (Å²) < 4.78 is 0. The van der Waals surface area contributed by atoms with E-state index in [2.05, 4.69) is 10.6 Å². The summed E-state index contributed by atoms with van der Waals surface area (Å²) in [6, 6.07) is -1.08. The Kier molecular flexibility index (Phi) is 4.32. The van der Waals surface area contributed by atoms with Crippen LogP contribution in [0.25, 0.3) is 0 Å². The first-order valence-corrected chi connectivity index (χ1v) is 7.32. The smallest absolute Gasteiger partial charge is 0.326 e. The van der Waals surface area contributed by atoms with Crippen molar-refractivity contribution in [3.05, 3.63) is 0 Å². The standard InChI is InChI=1S/C14H24N2O3/c1-14(8-5-9-14)16-13(19)15-11(12(17)18)10-6-3-2-4-7-10/h10-11H,2-9H2,1H3,(H,17,18)(H2,15,16,19). The first kappa shape index (κ1) is 14.2. The number of aliphatic carboxylic acids is 1. The summed E-state index contributed by atoms with van der Waals surface area (Å²) in [5.74, 6) is -0.841. The molecule has 2 saturated carbocycles. The van der Waals surface area contributed by atoms with E-state index in [9.17, 15) is 14.7 Å². The minimum absolute atomic E-state index is 0.0752. The van der Waals surface area contributed by atoms with Gasteiger partial charge in [0.25, 0.3) is 0 Å². The number of amides is 2.